The number of amides is 1. The molecule has 1 aliphatic rings. The van der Waals surface area contributed by atoms with Crippen molar-refractivity contribution in [3.05, 3.63) is 52.1 Å². The second-order valence-electron chi connectivity index (χ2n) is 7.12. The monoisotopic (exact) mass is 458 g/mol. The van der Waals surface area contributed by atoms with Crippen molar-refractivity contribution < 1.29 is 14.3 Å². The predicted molar refractivity (Wildman–Crippen MR) is 123 cm³/mol. The fraction of sp³-hybridized carbons (Fsp3) is 0.318. The maximum atomic E-state index is 13.2. The van der Waals surface area contributed by atoms with Gasteiger partial charge in [-0.1, -0.05) is 11.6 Å². The van der Waals surface area contributed by atoms with Gasteiger partial charge < -0.3 is 19.3 Å². The Labute approximate surface area is 190 Å². The van der Waals surface area contributed by atoms with E-state index in [1.54, 1.807) is 20.4 Å². The minimum Gasteiger partial charge on any atom is -0.493 e. The molecule has 1 fully saturated rings. The molecule has 0 atom stereocenters. The first kappa shape index (κ1) is 21.4. The Bertz CT molecular complexity index is 1080. The number of benzene rings is 1. The summed E-state index contributed by atoms with van der Waals surface area (Å²) in [6.45, 7) is 4.59. The van der Waals surface area contributed by atoms with Gasteiger partial charge in [0.2, 0.25) is 0 Å². The molecule has 0 bridgehead atoms. The minimum atomic E-state index is 0.0189. The normalized spacial score (nSPS) is 13.9. The average Bonchev–Trinajstić information content (AvgIpc) is 3.20. The highest BCUT2D eigenvalue weighted by atomic mass is 35.5. The Morgan fingerprint density at radius 3 is 2.45 bits per heavy atom. The molecule has 2 aromatic heterocycles. The lowest BCUT2D eigenvalue weighted by atomic mass is 10.2. The molecule has 0 N–H and O–H groups in total. The van der Waals surface area contributed by atoms with E-state index in [1.807, 2.05) is 42.2 Å². The number of ether oxygens (including phenoxy) is 2. The van der Waals surface area contributed by atoms with Gasteiger partial charge in [0, 0.05) is 37.9 Å². The topological polar surface area (TPSA) is 67.8 Å². The van der Waals surface area contributed by atoms with Crippen molar-refractivity contribution in [2.75, 3.05) is 45.3 Å². The molecule has 0 unspecified atom stereocenters. The first-order valence-corrected chi connectivity index (χ1v) is 11.0. The Hall–Kier alpha value is -2.84. The van der Waals surface area contributed by atoms with Crippen LogP contribution in [0, 0.1) is 6.92 Å². The van der Waals surface area contributed by atoms with Crippen molar-refractivity contribution >= 4 is 34.7 Å². The number of halogens is 1. The molecular formula is C22H23ClN4O3S. The van der Waals surface area contributed by atoms with E-state index in [0.29, 0.717) is 34.5 Å². The van der Waals surface area contributed by atoms with Crippen LogP contribution in [0.3, 0.4) is 0 Å². The number of anilines is 1. The van der Waals surface area contributed by atoms with Crippen molar-refractivity contribution in [3.8, 4) is 22.1 Å². The second kappa shape index (κ2) is 9.11. The van der Waals surface area contributed by atoms with Crippen molar-refractivity contribution in [2.45, 2.75) is 6.92 Å². The lowest BCUT2D eigenvalue weighted by Crippen LogP contribution is -2.49. The summed E-state index contributed by atoms with van der Waals surface area (Å²) < 4.78 is 10.7. The number of hydrogen-bond donors (Lipinski definition) is 0. The third kappa shape index (κ3) is 4.45. The maximum absolute atomic E-state index is 13.2. The molecule has 31 heavy (non-hydrogen) atoms. The summed E-state index contributed by atoms with van der Waals surface area (Å²) in [7, 11) is 3.20. The molecule has 1 aliphatic heterocycles. The van der Waals surface area contributed by atoms with Crippen LogP contribution in [0.5, 0.6) is 11.5 Å². The Morgan fingerprint density at radius 1 is 1.06 bits per heavy atom. The van der Waals surface area contributed by atoms with Crippen LogP contribution in [-0.2, 0) is 0 Å². The lowest BCUT2D eigenvalue weighted by Gasteiger charge is -2.35. The molecule has 3 aromatic rings. The fourth-order valence-corrected chi connectivity index (χ4v) is 4.67. The minimum absolute atomic E-state index is 0.0189. The number of aromatic nitrogens is 2. The van der Waals surface area contributed by atoms with Crippen LogP contribution in [0.2, 0.25) is 5.02 Å². The lowest BCUT2D eigenvalue weighted by molar-refractivity contribution is 0.0750. The number of hydrogen-bond acceptors (Lipinski definition) is 7. The highest BCUT2D eigenvalue weighted by molar-refractivity contribution is 7.17. The zero-order valence-corrected chi connectivity index (χ0v) is 19.2. The zero-order chi connectivity index (χ0) is 22.0. The van der Waals surface area contributed by atoms with E-state index < -0.39 is 0 Å². The second-order valence-corrected chi connectivity index (χ2v) is 8.55. The van der Waals surface area contributed by atoms with Gasteiger partial charge in [0.25, 0.3) is 5.91 Å². The summed E-state index contributed by atoms with van der Waals surface area (Å²) in [5.41, 5.74) is 1.63. The smallest absolute Gasteiger partial charge is 0.265 e. The first-order valence-electron chi connectivity index (χ1n) is 9.85. The first-order chi connectivity index (χ1) is 15.0. The van der Waals surface area contributed by atoms with E-state index >= 15 is 0 Å². The number of carbonyl (C=O) groups is 1. The van der Waals surface area contributed by atoms with E-state index in [1.165, 1.54) is 11.3 Å². The summed E-state index contributed by atoms with van der Waals surface area (Å²) in [4.78, 5) is 26.9. The quantitative estimate of drug-likeness (QED) is 0.572. The summed E-state index contributed by atoms with van der Waals surface area (Å²) in [5, 5.41) is 1.40. The Morgan fingerprint density at radius 2 is 1.81 bits per heavy atom. The van der Waals surface area contributed by atoms with Crippen LogP contribution in [0.15, 0.2) is 36.5 Å². The van der Waals surface area contributed by atoms with Gasteiger partial charge in [0.15, 0.2) is 11.5 Å². The maximum Gasteiger partial charge on any atom is 0.265 e. The number of rotatable bonds is 5. The molecule has 0 spiro atoms. The van der Waals surface area contributed by atoms with Crippen LogP contribution in [0.25, 0.3) is 10.6 Å². The number of aryl methyl sites for hydroxylation is 1. The summed E-state index contributed by atoms with van der Waals surface area (Å²) >= 11 is 7.33. The van der Waals surface area contributed by atoms with Crippen LogP contribution >= 0.6 is 22.9 Å². The van der Waals surface area contributed by atoms with E-state index in [9.17, 15) is 4.79 Å². The Kier molecular flexibility index (Phi) is 6.29. The fourth-order valence-electron chi connectivity index (χ4n) is 3.52. The van der Waals surface area contributed by atoms with Gasteiger partial charge in [-0.2, -0.15) is 0 Å². The van der Waals surface area contributed by atoms with Gasteiger partial charge in [-0.05, 0) is 37.3 Å². The number of thiazole rings is 1. The number of piperazine rings is 1. The van der Waals surface area contributed by atoms with Gasteiger partial charge in [-0.15, -0.1) is 11.3 Å². The third-order valence-corrected chi connectivity index (χ3v) is 6.64. The van der Waals surface area contributed by atoms with E-state index in [0.717, 1.165) is 35.2 Å². The van der Waals surface area contributed by atoms with Crippen LogP contribution < -0.4 is 14.4 Å². The SMILES string of the molecule is COc1ccc(-c2nc(C)c(C(=O)N3CCN(c4ccc(Cl)cn4)CC3)s2)cc1OC. The van der Waals surface area contributed by atoms with Crippen LogP contribution in [0.1, 0.15) is 15.4 Å². The highest BCUT2D eigenvalue weighted by Crippen LogP contribution is 2.35. The number of nitrogens with zero attached hydrogens (tertiary/aromatic N) is 4. The molecule has 0 radical (unpaired) electrons. The molecule has 1 aromatic carbocycles. The van der Waals surface area contributed by atoms with Gasteiger partial charge in [-0.3, -0.25) is 4.79 Å². The van der Waals surface area contributed by atoms with Gasteiger partial charge in [-0.25, -0.2) is 9.97 Å². The van der Waals surface area contributed by atoms with Crippen molar-refractivity contribution in [3.63, 3.8) is 0 Å². The predicted octanol–water partition coefficient (Wildman–Crippen LogP) is 4.15. The number of methoxy groups -OCH3 is 2. The summed E-state index contributed by atoms with van der Waals surface area (Å²) in [6.07, 6.45) is 1.64. The Balaban J connectivity index is 1.48. The van der Waals surface area contributed by atoms with Crippen molar-refractivity contribution in [1.29, 1.82) is 0 Å². The van der Waals surface area contributed by atoms with Crippen molar-refractivity contribution in [2.24, 2.45) is 0 Å². The van der Waals surface area contributed by atoms with Crippen LogP contribution in [-0.4, -0.2) is 61.2 Å². The average molecular weight is 459 g/mol. The largest absolute Gasteiger partial charge is 0.493 e. The molecule has 9 heteroatoms. The standard InChI is InChI=1S/C22H23ClN4O3S/c1-14-20(31-21(25-14)15-4-6-17(29-2)18(12-15)30-3)22(28)27-10-8-26(9-11-27)19-7-5-16(23)13-24-19/h4-7,12-13H,8-11H2,1-3H3. The molecule has 1 saturated heterocycles. The van der Waals surface area contributed by atoms with Crippen LogP contribution in [0.4, 0.5) is 5.82 Å². The third-order valence-electron chi connectivity index (χ3n) is 5.22. The molecule has 0 aliphatic carbocycles. The van der Waals surface area contributed by atoms with Gasteiger partial charge >= 0.3 is 0 Å². The summed E-state index contributed by atoms with van der Waals surface area (Å²) in [6, 6.07) is 9.38. The number of carbonyl (C=O) groups excluding carboxylic acids is 1. The van der Waals surface area contributed by atoms with E-state index in [-0.39, 0.29) is 5.91 Å². The number of pyridine rings is 1. The highest BCUT2D eigenvalue weighted by Gasteiger charge is 2.26. The molecule has 0 saturated carbocycles. The molecule has 4 rings (SSSR count). The molecule has 162 valence electrons. The summed E-state index contributed by atoms with van der Waals surface area (Å²) in [5.74, 6) is 2.18. The zero-order valence-electron chi connectivity index (χ0n) is 17.6. The van der Waals surface area contributed by atoms with E-state index in [4.69, 9.17) is 21.1 Å². The molecule has 1 amide bonds. The van der Waals surface area contributed by atoms with Crippen molar-refractivity contribution in [1.82, 2.24) is 14.9 Å². The molecular weight excluding hydrogens is 436 g/mol. The van der Waals surface area contributed by atoms with Gasteiger partial charge in [0.1, 0.15) is 15.7 Å². The molecule has 3 heterocycles. The molecule has 7 nitrogen and oxygen atoms in total. The van der Waals surface area contributed by atoms with Gasteiger partial charge in [0.05, 0.1) is 24.9 Å². The van der Waals surface area contributed by atoms with E-state index in [2.05, 4.69) is 14.9 Å².